The number of carboxylic acid groups (broad SMARTS) is 2. The molecule has 4 heterocycles. The first kappa shape index (κ1) is 29.0. The number of pyridine rings is 4. The minimum Gasteiger partial charge on any atom is -0.481 e. The Morgan fingerprint density at radius 3 is 1.73 bits per heavy atom. The highest BCUT2D eigenvalue weighted by Gasteiger charge is 2.54. The predicted molar refractivity (Wildman–Crippen MR) is 159 cm³/mol. The fourth-order valence-corrected chi connectivity index (χ4v) is 5.62. The fraction of sp³-hybridized carbons (Fsp3) is 0.212. The highest BCUT2D eigenvalue weighted by Crippen LogP contribution is 2.60. The number of carbonyl (C=O) groups is 2. The molecule has 8 rings (SSSR count). The molecular weight excluding hydrogens is 516 g/mol. The molecule has 4 aromatic heterocycles. The number of benzene rings is 1. The van der Waals surface area contributed by atoms with Crippen molar-refractivity contribution in [3.8, 4) is 0 Å². The van der Waals surface area contributed by atoms with Gasteiger partial charge in [0.2, 0.25) is 0 Å². The van der Waals surface area contributed by atoms with Gasteiger partial charge in [0.1, 0.15) is 0 Å². The zero-order valence-corrected chi connectivity index (χ0v) is 22.2. The van der Waals surface area contributed by atoms with E-state index in [0.717, 1.165) is 11.1 Å². The summed E-state index contributed by atoms with van der Waals surface area (Å²) in [5.41, 5.74) is 3.96. The number of fused-ring (bicyclic) bond motifs is 3. The molecule has 2 bridgehead atoms. The predicted octanol–water partition coefficient (Wildman–Crippen LogP) is 6.61. The smallest absolute Gasteiger partial charge is 0.330 e. The maximum Gasteiger partial charge on any atom is 0.330 e. The Morgan fingerprint density at radius 1 is 0.756 bits per heavy atom. The maximum absolute atomic E-state index is 11.8. The van der Waals surface area contributed by atoms with Crippen LogP contribution < -0.4 is 0 Å². The van der Waals surface area contributed by atoms with Crippen molar-refractivity contribution < 1.29 is 19.8 Å². The van der Waals surface area contributed by atoms with Crippen molar-refractivity contribution in [3.05, 3.63) is 120 Å². The summed E-state index contributed by atoms with van der Waals surface area (Å²) in [4.78, 5) is 38.1. The molecule has 0 aliphatic heterocycles. The molecular formula is C33H32N4O4. The lowest BCUT2D eigenvalue weighted by molar-refractivity contribution is -0.150. The van der Waals surface area contributed by atoms with Crippen molar-refractivity contribution in [2.24, 2.45) is 5.41 Å². The zero-order chi connectivity index (χ0) is 28.4. The minimum atomic E-state index is -0.935. The first-order valence-electron chi connectivity index (χ1n) is 12.8. The number of nitrogens with zero attached hydrogens (tertiary/aromatic N) is 4. The van der Waals surface area contributed by atoms with Crippen molar-refractivity contribution in [1.29, 1.82) is 0 Å². The fourth-order valence-electron chi connectivity index (χ4n) is 5.62. The van der Waals surface area contributed by atoms with Gasteiger partial charge in [-0.2, -0.15) is 0 Å². The van der Waals surface area contributed by atoms with E-state index in [1.54, 1.807) is 12.4 Å². The molecule has 2 N–H and O–H groups in total. The van der Waals surface area contributed by atoms with Crippen LogP contribution in [0.4, 0.5) is 0 Å². The maximum atomic E-state index is 11.8. The number of rotatable bonds is 2. The van der Waals surface area contributed by atoms with Crippen LogP contribution in [0.1, 0.15) is 61.8 Å². The Labute approximate surface area is 238 Å². The highest BCUT2D eigenvalue weighted by atomic mass is 16.4. The van der Waals surface area contributed by atoms with E-state index in [9.17, 15) is 14.7 Å². The van der Waals surface area contributed by atoms with Crippen LogP contribution in [0, 0.1) is 5.41 Å². The number of aromatic nitrogens is 4. The van der Waals surface area contributed by atoms with Gasteiger partial charge in [0.05, 0.1) is 5.41 Å². The van der Waals surface area contributed by atoms with Crippen LogP contribution in [0.3, 0.4) is 0 Å². The van der Waals surface area contributed by atoms with Gasteiger partial charge in [-0.15, -0.1) is 0 Å². The van der Waals surface area contributed by atoms with E-state index in [0.29, 0.717) is 6.42 Å². The van der Waals surface area contributed by atoms with Crippen molar-refractivity contribution >= 4 is 33.5 Å². The Morgan fingerprint density at radius 2 is 1.22 bits per heavy atom. The second kappa shape index (κ2) is 11.6. The van der Waals surface area contributed by atoms with Crippen LogP contribution in [-0.4, -0.2) is 42.1 Å². The molecule has 1 aromatic carbocycles. The molecule has 208 valence electrons. The van der Waals surface area contributed by atoms with E-state index in [2.05, 4.69) is 38.6 Å². The molecule has 0 radical (unpaired) electrons. The Kier molecular flexibility index (Phi) is 8.23. The normalized spacial score (nSPS) is 19.3. The lowest BCUT2D eigenvalue weighted by Crippen LogP contribution is -2.44. The molecule has 3 aliphatic rings. The molecule has 0 saturated heterocycles. The number of hydrogen-bond acceptors (Lipinski definition) is 6. The van der Waals surface area contributed by atoms with Gasteiger partial charge in [0.25, 0.3) is 0 Å². The van der Waals surface area contributed by atoms with E-state index in [-0.39, 0.29) is 24.8 Å². The number of carboxylic acids is 2. The van der Waals surface area contributed by atoms with Gasteiger partial charge in [0.15, 0.2) is 0 Å². The molecule has 3 aliphatic carbocycles. The molecule has 41 heavy (non-hydrogen) atoms. The zero-order valence-electron chi connectivity index (χ0n) is 22.2. The third kappa shape index (κ3) is 5.41. The highest BCUT2D eigenvalue weighted by molar-refractivity contribution is 5.97. The van der Waals surface area contributed by atoms with Crippen molar-refractivity contribution in [2.75, 3.05) is 0 Å². The van der Waals surface area contributed by atoms with Gasteiger partial charge in [-0.25, -0.2) is 4.79 Å². The first-order chi connectivity index (χ1) is 19.2. The Bertz CT molecular complexity index is 1600. The number of hydrogen-bond donors (Lipinski definition) is 2. The summed E-state index contributed by atoms with van der Waals surface area (Å²) in [7, 11) is 0. The molecule has 8 nitrogen and oxygen atoms in total. The SMILES string of the molecule is C.C=C(C)C(=O)O.CC1(C(=O)O)CC2c3cnccc3C1c1cnccc12.c1cc2cc3cnccc3cc2cn1. The summed E-state index contributed by atoms with van der Waals surface area (Å²) in [6.45, 7) is 6.46. The largest absolute Gasteiger partial charge is 0.481 e. The molecule has 8 heteroatoms. The first-order valence-corrected chi connectivity index (χ1v) is 12.8. The van der Waals surface area contributed by atoms with Gasteiger partial charge in [-0.1, -0.05) is 14.0 Å². The quantitative estimate of drug-likeness (QED) is 0.186. The molecule has 3 atom stereocenters. The average molecular weight is 549 g/mol. The Hall–Kier alpha value is -4.98. The van der Waals surface area contributed by atoms with E-state index in [4.69, 9.17) is 5.11 Å². The van der Waals surface area contributed by atoms with Crippen LogP contribution in [-0.2, 0) is 9.59 Å². The van der Waals surface area contributed by atoms with Crippen LogP contribution in [0.2, 0.25) is 0 Å². The summed E-state index contributed by atoms with van der Waals surface area (Å²) < 4.78 is 0. The standard InChI is InChI=1S/C16H14N2O2.C12H8N2.C4H6O2.CH4/c1-16(15(19)20)6-11-9-2-4-18-8-13(9)14(16)10-3-5-17-7-12(10)11;1-3-13-7-11-6-10-2-4-14-8-12(10)5-9(1)11;1-3(2)4(5)6;/h2-5,7-8,11,14H,6H2,1H3,(H,19,20);1-8H;1H2,2H3,(H,5,6);1H4. The summed E-state index contributed by atoms with van der Waals surface area (Å²) >= 11 is 0. The van der Waals surface area contributed by atoms with Crippen LogP contribution in [0.15, 0.2) is 98.1 Å². The van der Waals surface area contributed by atoms with E-state index in [1.807, 2.05) is 68.4 Å². The van der Waals surface area contributed by atoms with E-state index in [1.165, 1.54) is 39.6 Å². The van der Waals surface area contributed by atoms with Crippen LogP contribution in [0.5, 0.6) is 0 Å². The molecule has 0 saturated carbocycles. The van der Waals surface area contributed by atoms with Gasteiger partial charge in [-0.05, 0) is 89.7 Å². The molecule has 3 unspecified atom stereocenters. The van der Waals surface area contributed by atoms with E-state index < -0.39 is 17.4 Å². The average Bonchev–Trinajstić information content (AvgIpc) is 2.96. The molecule has 5 aromatic rings. The second-order valence-electron chi connectivity index (χ2n) is 10.3. The van der Waals surface area contributed by atoms with E-state index >= 15 is 0 Å². The second-order valence-corrected chi connectivity index (χ2v) is 10.3. The lowest BCUT2D eigenvalue weighted by Gasteiger charge is -2.49. The van der Waals surface area contributed by atoms with Gasteiger partial charge in [0, 0.05) is 77.8 Å². The summed E-state index contributed by atoms with van der Waals surface area (Å²) in [6, 6.07) is 12.3. The van der Waals surface area contributed by atoms with Gasteiger partial charge in [-0.3, -0.25) is 24.7 Å². The van der Waals surface area contributed by atoms with Gasteiger partial charge < -0.3 is 10.2 Å². The topological polar surface area (TPSA) is 126 Å². The number of aliphatic carboxylic acids is 2. The lowest BCUT2D eigenvalue weighted by atomic mass is 9.53. The molecule has 0 spiro atoms. The van der Waals surface area contributed by atoms with Crippen molar-refractivity contribution in [1.82, 2.24) is 19.9 Å². The van der Waals surface area contributed by atoms with Crippen LogP contribution >= 0.6 is 0 Å². The monoisotopic (exact) mass is 548 g/mol. The van der Waals surface area contributed by atoms with Crippen LogP contribution in [0.25, 0.3) is 21.5 Å². The third-order valence-electron chi connectivity index (χ3n) is 7.66. The van der Waals surface area contributed by atoms with Crippen molar-refractivity contribution in [3.63, 3.8) is 0 Å². The third-order valence-corrected chi connectivity index (χ3v) is 7.66. The van der Waals surface area contributed by atoms with Crippen molar-refractivity contribution in [2.45, 2.75) is 39.5 Å². The molecule has 0 amide bonds. The molecule has 0 fully saturated rings. The summed E-state index contributed by atoms with van der Waals surface area (Å²) in [5.74, 6) is -1.69. The summed E-state index contributed by atoms with van der Waals surface area (Å²) in [6.07, 6.45) is 15.3. The Balaban J connectivity index is 0.000000161. The summed E-state index contributed by atoms with van der Waals surface area (Å²) in [5, 5.41) is 22.4. The van der Waals surface area contributed by atoms with Gasteiger partial charge >= 0.3 is 11.9 Å². The minimum absolute atomic E-state index is 0.